The molecule has 1 amide bonds. The number of carbonyl (C=O) groups is 1. The number of aromatic nitrogens is 2. The van der Waals surface area contributed by atoms with Crippen LogP contribution in [0.25, 0.3) is 44.5 Å². The second-order valence-corrected chi connectivity index (χ2v) is 8.65. The van der Waals surface area contributed by atoms with Crippen molar-refractivity contribution in [3.05, 3.63) is 83.3 Å². The molecule has 0 atom stereocenters. The third-order valence-corrected chi connectivity index (χ3v) is 6.19. The predicted molar refractivity (Wildman–Crippen MR) is 146 cm³/mol. The van der Waals surface area contributed by atoms with E-state index in [-0.39, 0.29) is 18.1 Å². The van der Waals surface area contributed by atoms with Gasteiger partial charge in [0.1, 0.15) is 16.8 Å². The first-order valence-corrected chi connectivity index (χ1v) is 12.2. The molecule has 5 rings (SSSR count). The number of methoxy groups -OCH3 is 1. The maximum atomic E-state index is 13.2. The fourth-order valence-corrected chi connectivity index (χ4v) is 4.37. The highest BCUT2D eigenvalue weighted by Crippen LogP contribution is 2.36. The number of hydrogen-bond donors (Lipinski definition) is 2. The number of amides is 1. The molecule has 0 radical (unpaired) electrons. The Morgan fingerprint density at radius 3 is 2.49 bits per heavy atom. The van der Waals surface area contributed by atoms with Gasteiger partial charge in [-0.25, -0.2) is 4.79 Å². The first-order valence-electron chi connectivity index (χ1n) is 12.2. The van der Waals surface area contributed by atoms with Gasteiger partial charge in [-0.05, 0) is 41.9 Å². The van der Waals surface area contributed by atoms with Crippen LogP contribution in [0.3, 0.4) is 0 Å². The van der Waals surface area contributed by atoms with Gasteiger partial charge in [-0.2, -0.15) is 4.98 Å². The van der Waals surface area contributed by atoms with Crippen molar-refractivity contribution in [3.8, 4) is 22.4 Å². The van der Waals surface area contributed by atoms with E-state index in [0.717, 1.165) is 16.5 Å². The van der Waals surface area contributed by atoms with E-state index in [1.54, 1.807) is 23.8 Å². The van der Waals surface area contributed by atoms with E-state index < -0.39 is 0 Å². The molecule has 0 saturated heterocycles. The predicted octanol–water partition coefficient (Wildman–Crippen LogP) is 4.67. The van der Waals surface area contributed by atoms with E-state index in [1.165, 1.54) is 0 Å². The Kier molecular flexibility index (Phi) is 7.11. The van der Waals surface area contributed by atoms with Crippen LogP contribution >= 0.6 is 0 Å². The largest absolute Gasteiger partial charge is 0.452 e. The van der Waals surface area contributed by atoms with Crippen LogP contribution in [0.4, 0.5) is 5.69 Å². The molecule has 0 spiro atoms. The van der Waals surface area contributed by atoms with E-state index in [4.69, 9.17) is 9.15 Å². The highest BCUT2D eigenvalue weighted by Gasteiger charge is 2.20. The number of nitrogens with zero attached hydrogens (tertiary/aromatic N) is 2. The molecule has 5 aromatic rings. The lowest BCUT2D eigenvalue weighted by Crippen LogP contribution is -2.27. The zero-order valence-corrected chi connectivity index (χ0v) is 20.8. The van der Waals surface area contributed by atoms with E-state index in [1.807, 2.05) is 67.6 Å². The molecule has 2 aromatic heterocycles. The van der Waals surface area contributed by atoms with Crippen molar-refractivity contribution in [2.45, 2.75) is 13.5 Å². The summed E-state index contributed by atoms with van der Waals surface area (Å²) in [5.41, 5.74) is 5.43. The summed E-state index contributed by atoms with van der Waals surface area (Å²) in [5.74, 6) is -0.123. The SMILES string of the molecule is CCNCC(=O)Nc1ccc(-c2nc(=O)n(CCOC)c3c2oc2ccc(-c4ccccc4)cc23)cc1. The normalized spacial score (nSPS) is 11.3. The fraction of sp³-hybridized carbons (Fsp3) is 0.207. The van der Waals surface area contributed by atoms with Crippen LogP contribution in [0.5, 0.6) is 0 Å². The Bertz CT molecular complexity index is 1610. The molecule has 2 N–H and O–H groups in total. The summed E-state index contributed by atoms with van der Waals surface area (Å²) < 4.78 is 13.2. The smallest absolute Gasteiger partial charge is 0.348 e. The van der Waals surface area contributed by atoms with Gasteiger partial charge >= 0.3 is 5.69 Å². The zero-order chi connectivity index (χ0) is 25.8. The number of nitrogens with one attached hydrogen (secondary N) is 2. The maximum absolute atomic E-state index is 13.2. The van der Waals surface area contributed by atoms with Gasteiger partial charge in [0, 0.05) is 23.7 Å². The van der Waals surface area contributed by atoms with E-state index in [0.29, 0.717) is 53.3 Å². The van der Waals surface area contributed by atoms with Crippen molar-refractivity contribution >= 4 is 33.7 Å². The Balaban J connectivity index is 1.63. The molecule has 0 bridgehead atoms. The third-order valence-electron chi connectivity index (χ3n) is 6.19. The minimum absolute atomic E-state index is 0.123. The van der Waals surface area contributed by atoms with Crippen LogP contribution in [-0.4, -0.2) is 42.3 Å². The lowest BCUT2D eigenvalue weighted by molar-refractivity contribution is -0.115. The maximum Gasteiger partial charge on any atom is 0.348 e. The van der Waals surface area contributed by atoms with Crippen LogP contribution in [-0.2, 0) is 16.1 Å². The van der Waals surface area contributed by atoms with Gasteiger partial charge in [0.05, 0.1) is 19.7 Å². The van der Waals surface area contributed by atoms with Crippen LogP contribution in [0, 0.1) is 0 Å². The summed E-state index contributed by atoms with van der Waals surface area (Å²) in [6.07, 6.45) is 0. The van der Waals surface area contributed by atoms with Crippen LogP contribution in [0.2, 0.25) is 0 Å². The summed E-state index contributed by atoms with van der Waals surface area (Å²) in [6, 6.07) is 23.3. The Morgan fingerprint density at radius 2 is 1.76 bits per heavy atom. The number of rotatable bonds is 9. The standard InChI is InChI=1S/C29H28N4O4/c1-3-30-18-25(34)31-22-12-9-20(10-13-22)26-28-27(33(15-16-36-2)29(35)32-26)23-17-21(11-14-24(23)37-28)19-7-5-4-6-8-19/h4-14,17,30H,3,15-16,18H2,1-2H3,(H,31,34). The minimum atomic E-state index is -0.379. The number of benzene rings is 3. The van der Waals surface area contributed by atoms with Crippen molar-refractivity contribution in [2.24, 2.45) is 0 Å². The molecule has 2 heterocycles. The van der Waals surface area contributed by atoms with E-state index in [9.17, 15) is 9.59 Å². The van der Waals surface area contributed by atoms with Gasteiger partial charge in [-0.3, -0.25) is 9.36 Å². The Labute approximate surface area is 213 Å². The summed E-state index contributed by atoms with van der Waals surface area (Å²) in [5, 5.41) is 6.69. The summed E-state index contributed by atoms with van der Waals surface area (Å²) in [6.45, 7) is 3.61. The van der Waals surface area contributed by atoms with Crippen LogP contribution in [0.1, 0.15) is 6.92 Å². The van der Waals surface area contributed by atoms with Crippen molar-refractivity contribution in [3.63, 3.8) is 0 Å². The molecule has 37 heavy (non-hydrogen) atoms. The monoisotopic (exact) mass is 496 g/mol. The molecular weight excluding hydrogens is 468 g/mol. The average molecular weight is 497 g/mol. The fourth-order valence-electron chi connectivity index (χ4n) is 4.37. The van der Waals surface area contributed by atoms with Gasteiger partial charge in [-0.1, -0.05) is 55.5 Å². The highest BCUT2D eigenvalue weighted by molar-refractivity contribution is 6.08. The van der Waals surface area contributed by atoms with Crippen molar-refractivity contribution in [2.75, 3.05) is 32.1 Å². The second-order valence-electron chi connectivity index (χ2n) is 8.65. The first-order chi connectivity index (χ1) is 18.1. The molecule has 0 aliphatic carbocycles. The molecule has 0 aliphatic rings. The van der Waals surface area contributed by atoms with Gasteiger partial charge in [0.25, 0.3) is 0 Å². The van der Waals surface area contributed by atoms with Crippen LogP contribution in [0.15, 0.2) is 82.0 Å². The van der Waals surface area contributed by atoms with Crippen LogP contribution < -0.4 is 16.3 Å². The van der Waals surface area contributed by atoms with Gasteiger partial charge in [-0.15, -0.1) is 0 Å². The summed E-state index contributed by atoms with van der Waals surface area (Å²) >= 11 is 0. The number of anilines is 1. The summed E-state index contributed by atoms with van der Waals surface area (Å²) in [4.78, 5) is 29.7. The molecular formula is C29H28N4O4. The second kappa shape index (κ2) is 10.8. The molecule has 188 valence electrons. The number of carbonyl (C=O) groups excluding carboxylic acids is 1. The lowest BCUT2D eigenvalue weighted by atomic mass is 10.0. The molecule has 8 nitrogen and oxygen atoms in total. The number of ether oxygens (including phenoxy) is 1. The molecule has 8 heteroatoms. The molecule has 0 fully saturated rings. The first kappa shape index (κ1) is 24.4. The molecule has 0 unspecified atom stereocenters. The van der Waals surface area contributed by atoms with Gasteiger partial charge in [0.2, 0.25) is 5.91 Å². The van der Waals surface area contributed by atoms with Crippen molar-refractivity contribution < 1.29 is 13.9 Å². The topological polar surface area (TPSA) is 98.4 Å². The number of hydrogen-bond acceptors (Lipinski definition) is 6. The van der Waals surface area contributed by atoms with Gasteiger partial charge < -0.3 is 19.8 Å². The lowest BCUT2D eigenvalue weighted by Gasteiger charge is -2.10. The van der Waals surface area contributed by atoms with Gasteiger partial charge in [0.15, 0.2) is 5.58 Å². The molecule has 0 aliphatic heterocycles. The van der Waals surface area contributed by atoms with E-state index in [2.05, 4.69) is 15.6 Å². The van der Waals surface area contributed by atoms with E-state index >= 15 is 0 Å². The third kappa shape index (κ3) is 5.02. The molecule has 3 aromatic carbocycles. The average Bonchev–Trinajstić information content (AvgIpc) is 3.31. The summed E-state index contributed by atoms with van der Waals surface area (Å²) in [7, 11) is 1.60. The quantitative estimate of drug-likeness (QED) is 0.308. The van der Waals surface area contributed by atoms with Crippen molar-refractivity contribution in [1.82, 2.24) is 14.9 Å². The number of likely N-dealkylation sites (N-methyl/N-ethyl adjacent to an activating group) is 1. The number of furan rings is 1. The zero-order valence-electron chi connectivity index (χ0n) is 20.8. The molecule has 0 saturated carbocycles. The highest BCUT2D eigenvalue weighted by atomic mass is 16.5. The van der Waals surface area contributed by atoms with Crippen molar-refractivity contribution in [1.29, 1.82) is 0 Å². The minimum Gasteiger partial charge on any atom is -0.452 e. The Hall–Kier alpha value is -4.27. The Morgan fingerprint density at radius 1 is 1.00 bits per heavy atom. The number of fused-ring (bicyclic) bond motifs is 3.